The molecule has 0 saturated heterocycles. The number of hydrogen-bond acceptors (Lipinski definition) is 4. The molecule has 0 bridgehead atoms. The van der Waals surface area contributed by atoms with E-state index in [0.29, 0.717) is 35.8 Å². The number of para-hydroxylation sites is 1. The zero-order valence-corrected chi connectivity index (χ0v) is 23.4. The summed E-state index contributed by atoms with van der Waals surface area (Å²) in [5.41, 5.74) is 1.59. The highest BCUT2D eigenvalue weighted by Crippen LogP contribution is 2.21. The number of esters is 1. The summed E-state index contributed by atoms with van der Waals surface area (Å²) < 4.78 is 12.5. The average molecular weight is 512 g/mol. The Kier molecular flexibility index (Phi) is 13.8. The Morgan fingerprint density at radius 2 is 1.43 bits per heavy atom. The normalized spacial score (nSPS) is 11.2. The van der Waals surface area contributed by atoms with E-state index in [4.69, 9.17) is 9.47 Å². The smallest absolute Gasteiger partial charge is 0.338 e. The lowest BCUT2D eigenvalue weighted by Gasteiger charge is -2.36. The van der Waals surface area contributed by atoms with Crippen LogP contribution in [0.5, 0.6) is 5.75 Å². The minimum atomic E-state index is -0.335. The van der Waals surface area contributed by atoms with Crippen molar-refractivity contribution in [2.75, 3.05) is 44.7 Å². The van der Waals surface area contributed by atoms with Gasteiger partial charge >= 0.3 is 5.97 Å². The van der Waals surface area contributed by atoms with Crippen LogP contribution in [0.3, 0.4) is 0 Å². The first-order valence-electron chi connectivity index (χ1n) is 14.1. The molecule has 0 radical (unpaired) electrons. The molecule has 0 atom stereocenters. The van der Waals surface area contributed by atoms with Gasteiger partial charge in [-0.15, -0.1) is 0 Å². The van der Waals surface area contributed by atoms with Gasteiger partial charge in [-0.1, -0.05) is 51.7 Å². The van der Waals surface area contributed by atoms with E-state index in [1.807, 2.05) is 18.2 Å². The zero-order chi connectivity index (χ0) is 26.9. The zero-order valence-electron chi connectivity index (χ0n) is 23.4. The molecular weight excluding hydrogens is 464 g/mol. The molecule has 0 heterocycles. The predicted octanol–water partition coefficient (Wildman–Crippen LogP) is 7.10. The highest BCUT2D eigenvalue weighted by Gasteiger charge is 2.23. The fourth-order valence-corrected chi connectivity index (χ4v) is 4.46. The van der Waals surface area contributed by atoms with E-state index in [1.165, 1.54) is 32.1 Å². The van der Waals surface area contributed by atoms with E-state index in [2.05, 4.69) is 33.0 Å². The molecule has 0 aliphatic carbocycles. The van der Waals surface area contributed by atoms with Gasteiger partial charge in [-0.25, -0.2) is 4.79 Å². The molecule has 0 aromatic heterocycles. The van der Waals surface area contributed by atoms with Crippen molar-refractivity contribution in [2.24, 2.45) is 0 Å². The molecule has 0 fully saturated rings. The van der Waals surface area contributed by atoms with Crippen LogP contribution in [0.15, 0.2) is 48.5 Å². The molecule has 0 aliphatic heterocycles. The van der Waals surface area contributed by atoms with E-state index in [9.17, 15) is 9.59 Å². The number of anilines is 1. The summed E-state index contributed by atoms with van der Waals surface area (Å²) >= 11 is 0. The Morgan fingerprint density at radius 3 is 2.11 bits per heavy atom. The lowest BCUT2D eigenvalue weighted by Crippen LogP contribution is -2.50. The van der Waals surface area contributed by atoms with Crippen molar-refractivity contribution < 1.29 is 23.5 Å². The largest absolute Gasteiger partial charge is 0.493 e. The van der Waals surface area contributed by atoms with E-state index in [1.54, 1.807) is 30.3 Å². The third kappa shape index (κ3) is 10.2. The Hall–Kier alpha value is -2.86. The molecule has 0 spiro atoms. The van der Waals surface area contributed by atoms with Gasteiger partial charge in [0.1, 0.15) is 18.9 Å². The number of hydrogen-bond donors (Lipinski definition) is 1. The average Bonchev–Trinajstić information content (AvgIpc) is 2.92. The van der Waals surface area contributed by atoms with Crippen LogP contribution in [0.4, 0.5) is 5.69 Å². The van der Waals surface area contributed by atoms with Crippen LogP contribution in [-0.4, -0.2) is 55.8 Å². The SMILES string of the molecule is CCCCCCOc1ccccc1C(=O)Nc1ccc(C(=O)OCC[N+](CC)(CC)CCCCC)cc1. The summed E-state index contributed by atoms with van der Waals surface area (Å²) in [5.74, 6) is 0.00869. The van der Waals surface area contributed by atoms with Gasteiger partial charge in [-0.05, 0) is 69.5 Å². The van der Waals surface area contributed by atoms with Gasteiger partial charge in [0.25, 0.3) is 5.91 Å². The predicted molar refractivity (Wildman–Crippen MR) is 151 cm³/mol. The second-order valence-electron chi connectivity index (χ2n) is 9.70. The van der Waals surface area contributed by atoms with Crippen LogP contribution < -0.4 is 10.1 Å². The number of nitrogens with one attached hydrogen (secondary N) is 1. The molecule has 6 nitrogen and oxygen atoms in total. The maximum absolute atomic E-state index is 12.9. The van der Waals surface area contributed by atoms with E-state index < -0.39 is 0 Å². The van der Waals surface area contributed by atoms with E-state index >= 15 is 0 Å². The number of quaternary nitrogens is 1. The summed E-state index contributed by atoms with van der Waals surface area (Å²) in [5, 5.41) is 2.90. The standard InChI is InChI=1S/C31H46N2O4/c1-5-9-11-15-24-36-29-17-13-12-16-28(29)30(34)32-27-20-18-26(19-21-27)31(35)37-25-23-33(7-3,8-4)22-14-10-6-2/h12-13,16-21H,5-11,14-15,22-25H2,1-4H3/p+1. The molecule has 0 aliphatic rings. The van der Waals surface area contributed by atoms with Crippen LogP contribution in [0, 0.1) is 0 Å². The van der Waals surface area contributed by atoms with Crippen molar-refractivity contribution in [3.05, 3.63) is 59.7 Å². The number of rotatable bonds is 18. The molecule has 0 unspecified atom stereocenters. The van der Waals surface area contributed by atoms with E-state index in [-0.39, 0.29) is 11.9 Å². The first kappa shape index (κ1) is 30.4. The van der Waals surface area contributed by atoms with Crippen LogP contribution in [0.2, 0.25) is 0 Å². The van der Waals surface area contributed by atoms with Crippen molar-refractivity contribution in [1.29, 1.82) is 0 Å². The number of ether oxygens (including phenoxy) is 2. The lowest BCUT2D eigenvalue weighted by atomic mass is 10.1. The molecule has 1 amide bonds. The first-order chi connectivity index (χ1) is 18.0. The summed E-state index contributed by atoms with van der Waals surface area (Å²) in [6.07, 6.45) is 8.10. The van der Waals surface area contributed by atoms with Crippen LogP contribution in [0.25, 0.3) is 0 Å². The lowest BCUT2D eigenvalue weighted by molar-refractivity contribution is -0.925. The van der Waals surface area contributed by atoms with Crippen molar-refractivity contribution in [3.63, 3.8) is 0 Å². The summed E-state index contributed by atoms with van der Waals surface area (Å²) in [6.45, 7) is 13.8. The number of nitrogens with zero attached hydrogens (tertiary/aromatic N) is 1. The van der Waals surface area contributed by atoms with Crippen molar-refractivity contribution >= 4 is 17.6 Å². The molecule has 6 heteroatoms. The summed E-state index contributed by atoms with van der Waals surface area (Å²) in [6, 6.07) is 14.1. The van der Waals surface area contributed by atoms with Crippen molar-refractivity contribution in [2.45, 2.75) is 72.6 Å². The monoisotopic (exact) mass is 511 g/mol. The molecule has 1 N–H and O–H groups in total. The van der Waals surface area contributed by atoms with Gasteiger partial charge < -0.3 is 19.3 Å². The maximum atomic E-state index is 12.9. The molecule has 0 saturated carbocycles. The first-order valence-corrected chi connectivity index (χ1v) is 14.1. The molecular formula is C31H47N2O4+. The summed E-state index contributed by atoms with van der Waals surface area (Å²) in [4.78, 5) is 25.5. The Morgan fingerprint density at radius 1 is 0.757 bits per heavy atom. The number of benzene rings is 2. The molecule has 2 aromatic carbocycles. The van der Waals surface area contributed by atoms with Crippen molar-refractivity contribution in [1.82, 2.24) is 0 Å². The van der Waals surface area contributed by atoms with Gasteiger partial charge in [-0.2, -0.15) is 0 Å². The fourth-order valence-electron chi connectivity index (χ4n) is 4.46. The molecule has 2 rings (SSSR count). The number of carbonyl (C=O) groups is 2. The van der Waals surface area contributed by atoms with Gasteiger partial charge in [0, 0.05) is 5.69 Å². The van der Waals surface area contributed by atoms with Gasteiger partial charge in [0.2, 0.25) is 0 Å². The van der Waals surface area contributed by atoms with E-state index in [0.717, 1.165) is 43.5 Å². The van der Waals surface area contributed by atoms with Gasteiger partial charge in [0.05, 0.1) is 37.4 Å². The Labute approximate surface area is 223 Å². The fraction of sp³-hybridized carbons (Fsp3) is 0.548. The third-order valence-electron chi connectivity index (χ3n) is 7.14. The topological polar surface area (TPSA) is 64.6 Å². The van der Waals surface area contributed by atoms with Gasteiger partial charge in [-0.3, -0.25) is 4.79 Å². The summed E-state index contributed by atoms with van der Waals surface area (Å²) in [7, 11) is 0. The quantitative estimate of drug-likeness (QED) is 0.132. The van der Waals surface area contributed by atoms with Crippen molar-refractivity contribution in [3.8, 4) is 5.75 Å². The number of likely N-dealkylation sites (N-methyl/N-ethyl adjacent to an activating group) is 1. The molecule has 2 aromatic rings. The minimum absolute atomic E-state index is 0.240. The maximum Gasteiger partial charge on any atom is 0.338 e. The molecule has 37 heavy (non-hydrogen) atoms. The second kappa shape index (κ2) is 16.8. The van der Waals surface area contributed by atoms with Crippen LogP contribution >= 0.6 is 0 Å². The third-order valence-corrected chi connectivity index (χ3v) is 7.14. The van der Waals surface area contributed by atoms with Crippen LogP contribution in [-0.2, 0) is 4.74 Å². The Bertz CT molecular complexity index is 938. The Balaban J connectivity index is 1.89. The second-order valence-corrected chi connectivity index (χ2v) is 9.70. The highest BCUT2D eigenvalue weighted by atomic mass is 16.5. The highest BCUT2D eigenvalue weighted by molar-refractivity contribution is 6.06. The molecule has 204 valence electrons. The van der Waals surface area contributed by atoms with Crippen LogP contribution in [0.1, 0.15) is 93.4 Å². The minimum Gasteiger partial charge on any atom is -0.493 e. The number of amides is 1. The van der Waals surface area contributed by atoms with Gasteiger partial charge in [0.15, 0.2) is 0 Å². The number of carbonyl (C=O) groups excluding carboxylic acids is 2. The number of unbranched alkanes of at least 4 members (excludes halogenated alkanes) is 5.